The van der Waals surface area contributed by atoms with Crippen molar-refractivity contribution < 1.29 is 0 Å². The molecule has 96 valence electrons. The van der Waals surface area contributed by atoms with E-state index >= 15 is 0 Å². The molecule has 18 heavy (non-hydrogen) atoms. The van der Waals surface area contributed by atoms with Crippen molar-refractivity contribution >= 4 is 45.9 Å². The lowest BCUT2D eigenvalue weighted by Crippen LogP contribution is -2.41. The van der Waals surface area contributed by atoms with Gasteiger partial charge in [0, 0.05) is 24.7 Å². The lowest BCUT2D eigenvalue weighted by Gasteiger charge is -2.26. The first-order valence-electron chi connectivity index (χ1n) is 5.81. The summed E-state index contributed by atoms with van der Waals surface area (Å²) in [5.74, 6) is 1.04. The van der Waals surface area contributed by atoms with Gasteiger partial charge in [-0.3, -0.25) is 4.99 Å². The molecule has 0 N–H and O–H groups in total. The van der Waals surface area contributed by atoms with E-state index in [4.69, 9.17) is 11.6 Å². The first-order chi connectivity index (χ1) is 8.31. The summed E-state index contributed by atoms with van der Waals surface area (Å²) < 4.78 is 0. The number of nitrogens with zero attached hydrogens (tertiary/aromatic N) is 3. The molecule has 1 aromatic carbocycles. The summed E-state index contributed by atoms with van der Waals surface area (Å²) in [6.07, 6.45) is 3.00. The molecule has 2 heterocycles. The fraction of sp³-hybridized carbons (Fsp3) is 0.308. The van der Waals surface area contributed by atoms with Gasteiger partial charge >= 0.3 is 0 Å². The van der Waals surface area contributed by atoms with Gasteiger partial charge in [-0.25, -0.2) is 0 Å². The van der Waals surface area contributed by atoms with E-state index in [1.54, 1.807) is 0 Å². The molecule has 0 aromatic heterocycles. The SMILES string of the molecule is Br.C=CCN1C2=NCCCN2c2cc(Cl)ccc21. The largest absolute Gasteiger partial charge is 0.310 e. The Hall–Kier alpha value is -1.00. The van der Waals surface area contributed by atoms with Crippen LogP contribution in [-0.2, 0) is 0 Å². The molecular weight excluding hydrogens is 314 g/mol. The third-order valence-electron chi connectivity index (χ3n) is 3.11. The van der Waals surface area contributed by atoms with E-state index < -0.39 is 0 Å². The molecule has 1 aromatic rings. The number of anilines is 2. The average Bonchev–Trinajstić information content (AvgIpc) is 2.65. The van der Waals surface area contributed by atoms with Gasteiger partial charge in [0.05, 0.1) is 11.4 Å². The maximum absolute atomic E-state index is 6.07. The minimum atomic E-state index is 0. The van der Waals surface area contributed by atoms with E-state index in [1.165, 1.54) is 5.69 Å². The van der Waals surface area contributed by atoms with Gasteiger partial charge in [-0.15, -0.1) is 23.6 Å². The summed E-state index contributed by atoms with van der Waals surface area (Å²) >= 11 is 6.07. The monoisotopic (exact) mass is 327 g/mol. The molecule has 2 aliphatic heterocycles. The molecule has 0 amide bonds. The van der Waals surface area contributed by atoms with E-state index in [-0.39, 0.29) is 17.0 Å². The number of aliphatic imine (C=N–C) groups is 1. The van der Waals surface area contributed by atoms with Crippen LogP contribution < -0.4 is 9.80 Å². The maximum atomic E-state index is 6.07. The van der Waals surface area contributed by atoms with Gasteiger partial charge in [0.2, 0.25) is 5.96 Å². The van der Waals surface area contributed by atoms with Gasteiger partial charge < -0.3 is 9.80 Å². The van der Waals surface area contributed by atoms with Crippen molar-refractivity contribution in [3.63, 3.8) is 0 Å². The molecule has 0 unspecified atom stereocenters. The van der Waals surface area contributed by atoms with Crippen molar-refractivity contribution in [3.05, 3.63) is 35.9 Å². The topological polar surface area (TPSA) is 18.8 Å². The van der Waals surface area contributed by atoms with Crippen LogP contribution in [0.15, 0.2) is 35.8 Å². The van der Waals surface area contributed by atoms with E-state index in [0.29, 0.717) is 0 Å². The molecule has 0 bridgehead atoms. The third kappa shape index (κ3) is 2.04. The molecule has 0 aliphatic carbocycles. The van der Waals surface area contributed by atoms with Crippen LogP contribution in [0.3, 0.4) is 0 Å². The fourth-order valence-corrected chi connectivity index (χ4v) is 2.58. The Kier molecular flexibility index (Phi) is 3.97. The normalized spacial score (nSPS) is 16.6. The highest BCUT2D eigenvalue weighted by Crippen LogP contribution is 2.39. The lowest BCUT2D eigenvalue weighted by molar-refractivity contribution is 0.788. The molecule has 0 saturated heterocycles. The van der Waals surface area contributed by atoms with Gasteiger partial charge in [-0.05, 0) is 24.6 Å². The summed E-state index contributed by atoms with van der Waals surface area (Å²) in [5, 5.41) is 0.772. The first kappa shape index (κ1) is 13.4. The second kappa shape index (κ2) is 5.33. The molecule has 3 rings (SSSR count). The van der Waals surface area contributed by atoms with Crippen molar-refractivity contribution in [3.8, 4) is 0 Å². The van der Waals surface area contributed by atoms with E-state index in [2.05, 4.69) is 27.4 Å². The van der Waals surface area contributed by atoms with E-state index in [9.17, 15) is 0 Å². The van der Waals surface area contributed by atoms with Crippen LogP contribution in [0.1, 0.15) is 6.42 Å². The fourth-order valence-electron chi connectivity index (χ4n) is 2.41. The van der Waals surface area contributed by atoms with Crippen molar-refractivity contribution in [2.24, 2.45) is 4.99 Å². The van der Waals surface area contributed by atoms with Crippen LogP contribution in [0.2, 0.25) is 5.02 Å². The third-order valence-corrected chi connectivity index (χ3v) is 3.34. The molecule has 0 spiro atoms. The predicted octanol–water partition coefficient (Wildman–Crippen LogP) is 3.49. The quantitative estimate of drug-likeness (QED) is 0.774. The summed E-state index contributed by atoms with van der Waals surface area (Å²) in [4.78, 5) is 9.05. The molecule has 2 aliphatic rings. The van der Waals surface area contributed by atoms with Crippen molar-refractivity contribution in [2.45, 2.75) is 6.42 Å². The van der Waals surface area contributed by atoms with Crippen LogP contribution in [-0.4, -0.2) is 25.6 Å². The van der Waals surface area contributed by atoms with Crippen LogP contribution in [0.4, 0.5) is 11.4 Å². The highest BCUT2D eigenvalue weighted by atomic mass is 79.9. The number of fused-ring (bicyclic) bond motifs is 3. The summed E-state index contributed by atoms with van der Waals surface area (Å²) in [5.41, 5.74) is 2.34. The zero-order chi connectivity index (χ0) is 11.8. The first-order valence-corrected chi connectivity index (χ1v) is 6.19. The highest BCUT2D eigenvalue weighted by molar-refractivity contribution is 8.93. The maximum Gasteiger partial charge on any atom is 0.206 e. The Bertz CT molecular complexity index is 501. The minimum absolute atomic E-state index is 0. The van der Waals surface area contributed by atoms with E-state index in [0.717, 1.165) is 42.7 Å². The van der Waals surface area contributed by atoms with Crippen molar-refractivity contribution in [1.29, 1.82) is 0 Å². The van der Waals surface area contributed by atoms with Crippen molar-refractivity contribution in [2.75, 3.05) is 29.4 Å². The summed E-state index contributed by atoms with van der Waals surface area (Å²) in [6.45, 7) is 6.51. The highest BCUT2D eigenvalue weighted by Gasteiger charge is 2.33. The molecule has 0 saturated carbocycles. The smallest absolute Gasteiger partial charge is 0.206 e. The van der Waals surface area contributed by atoms with E-state index in [1.807, 2.05) is 18.2 Å². The summed E-state index contributed by atoms with van der Waals surface area (Å²) in [7, 11) is 0. The Labute approximate surface area is 123 Å². The molecule has 3 nitrogen and oxygen atoms in total. The predicted molar refractivity (Wildman–Crippen MR) is 83.6 cm³/mol. The zero-order valence-electron chi connectivity index (χ0n) is 9.97. The van der Waals surface area contributed by atoms with Gasteiger partial charge in [0.1, 0.15) is 0 Å². The van der Waals surface area contributed by atoms with Crippen molar-refractivity contribution in [1.82, 2.24) is 0 Å². The molecule has 0 fully saturated rings. The molecule has 5 heteroatoms. The molecule has 0 radical (unpaired) electrons. The Morgan fingerprint density at radius 2 is 2.22 bits per heavy atom. The number of hydrogen-bond acceptors (Lipinski definition) is 3. The summed E-state index contributed by atoms with van der Waals surface area (Å²) in [6, 6.07) is 6.00. The second-order valence-electron chi connectivity index (χ2n) is 4.22. The molecule has 0 atom stereocenters. The van der Waals surface area contributed by atoms with Crippen LogP contribution in [0, 0.1) is 0 Å². The number of hydrogen-bond donors (Lipinski definition) is 0. The minimum Gasteiger partial charge on any atom is -0.310 e. The van der Waals surface area contributed by atoms with Crippen LogP contribution in [0.5, 0.6) is 0 Å². The Morgan fingerprint density at radius 3 is 3.00 bits per heavy atom. The van der Waals surface area contributed by atoms with Gasteiger partial charge in [-0.2, -0.15) is 0 Å². The number of guanidine groups is 1. The van der Waals surface area contributed by atoms with Gasteiger partial charge in [0.15, 0.2) is 0 Å². The number of rotatable bonds is 2. The second-order valence-corrected chi connectivity index (χ2v) is 4.66. The zero-order valence-corrected chi connectivity index (χ0v) is 12.4. The molecular formula is C13H15BrClN3. The van der Waals surface area contributed by atoms with Crippen LogP contribution in [0.25, 0.3) is 0 Å². The van der Waals surface area contributed by atoms with Crippen LogP contribution >= 0.6 is 28.6 Å². The lowest BCUT2D eigenvalue weighted by atomic mass is 10.2. The Morgan fingerprint density at radius 1 is 1.39 bits per heavy atom. The number of benzene rings is 1. The average molecular weight is 329 g/mol. The Balaban J connectivity index is 0.00000120. The van der Waals surface area contributed by atoms with Gasteiger partial charge in [-0.1, -0.05) is 17.7 Å². The standard InChI is InChI=1S/C13H14ClN3.BrH/c1-2-7-16-11-5-4-10(14)9-12(11)17-8-3-6-15-13(16)17;/h2,4-5,9H,1,3,6-8H2;1H. The van der Waals surface area contributed by atoms with Gasteiger partial charge in [0.25, 0.3) is 0 Å². The number of halogens is 2.